The van der Waals surface area contributed by atoms with Gasteiger partial charge in [0.15, 0.2) is 5.79 Å². The molecule has 0 aromatic heterocycles. The molecule has 2 atom stereocenters. The van der Waals surface area contributed by atoms with Crippen molar-refractivity contribution in [2.45, 2.75) is 51.3 Å². The van der Waals surface area contributed by atoms with Gasteiger partial charge in [-0.05, 0) is 30.5 Å². The minimum absolute atomic E-state index is 0.101. The van der Waals surface area contributed by atoms with E-state index in [1.54, 1.807) is 13.2 Å². The van der Waals surface area contributed by atoms with Crippen LogP contribution in [0.4, 0.5) is 0 Å². The van der Waals surface area contributed by atoms with Gasteiger partial charge in [0.05, 0.1) is 20.3 Å². The van der Waals surface area contributed by atoms with E-state index in [0.29, 0.717) is 13.2 Å². The van der Waals surface area contributed by atoms with Crippen molar-refractivity contribution in [3.05, 3.63) is 42.5 Å². The smallest absolute Gasteiger partial charge is 0.168 e. The molecule has 1 fully saturated rings. The van der Waals surface area contributed by atoms with Gasteiger partial charge < -0.3 is 18.9 Å². The second-order valence-corrected chi connectivity index (χ2v) is 5.44. The Bertz CT molecular complexity index is 464. The van der Waals surface area contributed by atoms with Gasteiger partial charge in [0, 0.05) is 0 Å². The molecule has 22 heavy (non-hydrogen) atoms. The van der Waals surface area contributed by atoms with E-state index in [0.717, 1.165) is 24.2 Å². The Morgan fingerprint density at radius 2 is 2.00 bits per heavy atom. The van der Waals surface area contributed by atoms with E-state index in [-0.39, 0.29) is 12.2 Å². The van der Waals surface area contributed by atoms with Crippen molar-refractivity contribution >= 4 is 0 Å². The average molecular weight is 306 g/mol. The third-order valence-corrected chi connectivity index (χ3v) is 4.15. The van der Waals surface area contributed by atoms with Gasteiger partial charge in [-0.1, -0.05) is 32.1 Å². The highest BCUT2D eigenvalue weighted by atomic mass is 16.8. The van der Waals surface area contributed by atoms with E-state index in [1.165, 1.54) is 0 Å². The van der Waals surface area contributed by atoms with Crippen molar-refractivity contribution in [2.24, 2.45) is 0 Å². The van der Waals surface area contributed by atoms with E-state index in [2.05, 4.69) is 20.4 Å². The number of ether oxygens (including phenoxy) is 4. The molecule has 0 spiro atoms. The van der Waals surface area contributed by atoms with Crippen LogP contribution in [0.15, 0.2) is 36.9 Å². The fraction of sp³-hybridized carbons (Fsp3) is 0.556. The van der Waals surface area contributed by atoms with Crippen LogP contribution >= 0.6 is 0 Å². The van der Waals surface area contributed by atoms with Gasteiger partial charge in [-0.25, -0.2) is 0 Å². The predicted octanol–water partition coefficient (Wildman–Crippen LogP) is 3.70. The van der Waals surface area contributed by atoms with Crippen molar-refractivity contribution in [3.8, 4) is 5.75 Å². The second kappa shape index (κ2) is 7.77. The van der Waals surface area contributed by atoms with Gasteiger partial charge in [-0.3, -0.25) is 0 Å². The van der Waals surface area contributed by atoms with Crippen LogP contribution in [0.1, 0.15) is 32.3 Å². The molecule has 4 heteroatoms. The topological polar surface area (TPSA) is 36.9 Å². The Morgan fingerprint density at radius 3 is 2.50 bits per heavy atom. The summed E-state index contributed by atoms with van der Waals surface area (Å²) in [5, 5.41) is 0. The maximum atomic E-state index is 6.09. The molecule has 0 radical (unpaired) electrons. The first-order valence-corrected chi connectivity index (χ1v) is 7.85. The molecular weight excluding hydrogens is 280 g/mol. The van der Waals surface area contributed by atoms with Crippen LogP contribution in [0.5, 0.6) is 5.75 Å². The van der Waals surface area contributed by atoms with Gasteiger partial charge in [0.25, 0.3) is 0 Å². The van der Waals surface area contributed by atoms with Gasteiger partial charge in [-0.15, -0.1) is 6.58 Å². The number of hydrogen-bond donors (Lipinski definition) is 0. The van der Waals surface area contributed by atoms with Crippen molar-refractivity contribution in [1.82, 2.24) is 0 Å². The van der Waals surface area contributed by atoms with Crippen LogP contribution < -0.4 is 4.74 Å². The minimum Gasteiger partial charge on any atom is -0.497 e. The van der Waals surface area contributed by atoms with E-state index in [4.69, 9.17) is 18.9 Å². The molecule has 0 amide bonds. The van der Waals surface area contributed by atoms with Crippen molar-refractivity contribution in [1.29, 1.82) is 0 Å². The van der Waals surface area contributed by atoms with Crippen LogP contribution in [0.25, 0.3) is 0 Å². The van der Waals surface area contributed by atoms with Crippen LogP contribution in [0.3, 0.4) is 0 Å². The molecule has 1 saturated heterocycles. The quantitative estimate of drug-likeness (QED) is 0.686. The molecule has 1 aliphatic rings. The number of methoxy groups -OCH3 is 1. The molecule has 1 aliphatic heterocycles. The van der Waals surface area contributed by atoms with Gasteiger partial charge in [0.2, 0.25) is 0 Å². The first-order valence-electron chi connectivity index (χ1n) is 7.85. The molecule has 1 aromatic rings. The lowest BCUT2D eigenvalue weighted by Gasteiger charge is -2.26. The molecule has 0 aliphatic carbocycles. The highest BCUT2D eigenvalue weighted by molar-refractivity contribution is 5.26. The van der Waals surface area contributed by atoms with E-state index in [1.807, 2.05) is 24.3 Å². The zero-order valence-electron chi connectivity index (χ0n) is 13.7. The number of benzene rings is 1. The van der Waals surface area contributed by atoms with E-state index >= 15 is 0 Å². The number of rotatable bonds is 8. The van der Waals surface area contributed by atoms with Crippen molar-refractivity contribution in [2.75, 3.05) is 13.7 Å². The summed E-state index contributed by atoms with van der Waals surface area (Å²) in [7, 11) is 1.66. The molecule has 2 rings (SSSR count). The Hall–Kier alpha value is -1.36. The lowest BCUT2D eigenvalue weighted by molar-refractivity contribution is -0.182. The summed E-state index contributed by atoms with van der Waals surface area (Å²) < 4.78 is 23.0. The van der Waals surface area contributed by atoms with Crippen LogP contribution in [0.2, 0.25) is 0 Å². The molecule has 1 aromatic carbocycles. The summed E-state index contributed by atoms with van der Waals surface area (Å²) >= 11 is 0. The first-order chi connectivity index (χ1) is 10.7. The van der Waals surface area contributed by atoms with Crippen LogP contribution in [-0.2, 0) is 20.8 Å². The van der Waals surface area contributed by atoms with Crippen LogP contribution in [-0.4, -0.2) is 31.7 Å². The summed E-state index contributed by atoms with van der Waals surface area (Å²) in [6.07, 6.45) is 3.18. The summed E-state index contributed by atoms with van der Waals surface area (Å²) in [6.45, 7) is 9.07. The highest BCUT2D eigenvalue weighted by Gasteiger charge is 2.41. The molecule has 0 saturated carbocycles. The fourth-order valence-corrected chi connectivity index (χ4v) is 2.60. The third-order valence-electron chi connectivity index (χ3n) is 4.15. The normalized spacial score (nSPS) is 21.5. The lowest BCUT2D eigenvalue weighted by Crippen LogP contribution is -2.33. The first kappa shape index (κ1) is 17.0. The summed E-state index contributed by atoms with van der Waals surface area (Å²) in [5.41, 5.74) is 1.09. The Labute approximate surface area is 133 Å². The molecule has 0 N–H and O–H groups in total. The van der Waals surface area contributed by atoms with Gasteiger partial charge in [-0.2, -0.15) is 0 Å². The maximum absolute atomic E-state index is 6.09. The second-order valence-electron chi connectivity index (χ2n) is 5.44. The predicted molar refractivity (Wildman–Crippen MR) is 85.9 cm³/mol. The molecule has 122 valence electrons. The molecule has 0 unspecified atom stereocenters. The highest BCUT2D eigenvalue weighted by Crippen LogP contribution is 2.32. The third kappa shape index (κ3) is 3.88. The Kier molecular flexibility index (Phi) is 6.00. The maximum Gasteiger partial charge on any atom is 0.168 e. The average Bonchev–Trinajstić information content (AvgIpc) is 3.01. The molecule has 0 bridgehead atoms. The standard InChI is InChI=1S/C18H26O4/c1-5-16(17-13-21-18(6-2,7-3)22-17)20-12-14-8-10-15(19-4)11-9-14/h5,8-11,16-17H,1,6-7,12-13H2,2-4H3/t16-,17-/m1/s1. The van der Waals surface area contributed by atoms with Crippen molar-refractivity contribution < 1.29 is 18.9 Å². The monoisotopic (exact) mass is 306 g/mol. The fourth-order valence-electron chi connectivity index (χ4n) is 2.60. The Balaban J connectivity index is 1.91. The summed E-state index contributed by atoms with van der Waals surface area (Å²) in [5.74, 6) is 0.377. The van der Waals surface area contributed by atoms with Gasteiger partial charge in [0.1, 0.15) is 18.0 Å². The number of hydrogen-bond acceptors (Lipinski definition) is 4. The van der Waals surface area contributed by atoms with Crippen molar-refractivity contribution in [3.63, 3.8) is 0 Å². The minimum atomic E-state index is -0.463. The SMILES string of the molecule is C=C[C@@H](OCc1ccc(OC)cc1)[C@H]1COC(CC)(CC)O1. The molecular formula is C18H26O4. The molecule has 4 nitrogen and oxygen atoms in total. The van der Waals surface area contributed by atoms with E-state index in [9.17, 15) is 0 Å². The summed E-state index contributed by atoms with van der Waals surface area (Å²) in [6, 6.07) is 7.84. The summed E-state index contributed by atoms with van der Waals surface area (Å²) in [4.78, 5) is 0. The largest absolute Gasteiger partial charge is 0.497 e. The van der Waals surface area contributed by atoms with Gasteiger partial charge >= 0.3 is 0 Å². The lowest BCUT2D eigenvalue weighted by atomic mass is 10.1. The van der Waals surface area contributed by atoms with E-state index < -0.39 is 5.79 Å². The Morgan fingerprint density at radius 1 is 1.32 bits per heavy atom. The zero-order valence-corrected chi connectivity index (χ0v) is 13.7. The zero-order chi connectivity index (χ0) is 16.0. The molecule has 1 heterocycles. The van der Waals surface area contributed by atoms with Crippen LogP contribution in [0, 0.1) is 0 Å².